The molecule has 0 atom stereocenters. The fourth-order valence-electron chi connectivity index (χ4n) is 0.989. The molecule has 0 saturated heterocycles. The summed E-state index contributed by atoms with van der Waals surface area (Å²) in [7, 11) is 0. The van der Waals surface area contributed by atoms with Crippen LogP contribution in [0.2, 0.25) is 5.02 Å². The van der Waals surface area contributed by atoms with Gasteiger partial charge in [-0.1, -0.05) is 22.9 Å². The fraction of sp³-hybridized carbons (Fsp3) is 0. The van der Waals surface area contributed by atoms with Crippen LogP contribution in [0.4, 0.5) is 10.8 Å². The van der Waals surface area contributed by atoms with Crippen molar-refractivity contribution in [1.82, 2.24) is 10.2 Å². The van der Waals surface area contributed by atoms with Crippen LogP contribution in [-0.4, -0.2) is 10.2 Å². The molecule has 2 N–H and O–H groups in total. The second kappa shape index (κ2) is 4.61. The average Bonchev–Trinajstić information content (AvgIpc) is 2.56. The van der Waals surface area contributed by atoms with E-state index in [4.69, 9.17) is 23.8 Å². The molecule has 1 aromatic carbocycles. The first kappa shape index (κ1) is 11.1. The number of aromatic amines is 1. The summed E-state index contributed by atoms with van der Waals surface area (Å²) < 4.78 is 1.53. The van der Waals surface area contributed by atoms with Crippen molar-refractivity contribution in [2.75, 3.05) is 5.32 Å². The van der Waals surface area contributed by atoms with Gasteiger partial charge in [-0.25, -0.2) is 0 Å². The molecule has 0 fully saturated rings. The average molecular weight is 323 g/mol. The Hall–Kier alpha value is -0.430. The van der Waals surface area contributed by atoms with Gasteiger partial charge >= 0.3 is 0 Å². The highest BCUT2D eigenvalue weighted by Crippen LogP contribution is 2.29. The maximum atomic E-state index is 5.83. The first-order valence-corrected chi connectivity index (χ1v) is 6.32. The summed E-state index contributed by atoms with van der Waals surface area (Å²) in [4.78, 5) is 0. The van der Waals surface area contributed by atoms with E-state index in [1.54, 1.807) is 6.07 Å². The van der Waals surface area contributed by atoms with Crippen molar-refractivity contribution in [3.05, 3.63) is 31.6 Å². The Bertz CT molecular complexity index is 537. The lowest BCUT2D eigenvalue weighted by Crippen LogP contribution is -1.90. The molecule has 1 heterocycles. The van der Waals surface area contributed by atoms with E-state index >= 15 is 0 Å². The topological polar surface area (TPSA) is 40.7 Å². The summed E-state index contributed by atoms with van der Waals surface area (Å²) in [6.07, 6.45) is 0. The van der Waals surface area contributed by atoms with Crippen LogP contribution in [0.1, 0.15) is 0 Å². The molecule has 0 unspecified atom stereocenters. The zero-order chi connectivity index (χ0) is 10.8. The van der Waals surface area contributed by atoms with Crippen LogP contribution in [0.5, 0.6) is 0 Å². The van der Waals surface area contributed by atoms with Gasteiger partial charge in [0.1, 0.15) is 0 Å². The van der Waals surface area contributed by atoms with E-state index in [-0.39, 0.29) is 0 Å². The van der Waals surface area contributed by atoms with Crippen LogP contribution in [0.25, 0.3) is 0 Å². The van der Waals surface area contributed by atoms with Gasteiger partial charge in [0.25, 0.3) is 0 Å². The molecule has 1 aromatic heterocycles. The van der Waals surface area contributed by atoms with E-state index in [0.717, 1.165) is 15.3 Å². The third kappa shape index (κ3) is 2.78. The van der Waals surface area contributed by atoms with Crippen LogP contribution in [0.3, 0.4) is 0 Å². The number of benzene rings is 1. The van der Waals surface area contributed by atoms with Crippen LogP contribution in [0, 0.1) is 3.95 Å². The van der Waals surface area contributed by atoms with E-state index in [1.807, 2.05) is 12.1 Å². The molecule has 0 aliphatic rings. The highest BCUT2D eigenvalue weighted by molar-refractivity contribution is 9.10. The number of rotatable bonds is 2. The van der Waals surface area contributed by atoms with E-state index in [1.165, 1.54) is 11.3 Å². The van der Waals surface area contributed by atoms with Crippen LogP contribution >= 0.6 is 51.1 Å². The molecule has 7 heteroatoms. The summed E-state index contributed by atoms with van der Waals surface area (Å²) in [6.45, 7) is 0. The summed E-state index contributed by atoms with van der Waals surface area (Å²) in [5.41, 5.74) is 0.900. The number of aromatic nitrogens is 2. The molecule has 0 radical (unpaired) electrons. The van der Waals surface area contributed by atoms with E-state index in [9.17, 15) is 0 Å². The number of halogens is 2. The van der Waals surface area contributed by atoms with Gasteiger partial charge in [0, 0.05) is 9.50 Å². The molecule has 0 aliphatic heterocycles. The molecular weight excluding hydrogens is 318 g/mol. The predicted molar refractivity (Wildman–Crippen MR) is 69.7 cm³/mol. The number of nitrogens with zero attached hydrogens (tertiary/aromatic N) is 1. The normalized spacial score (nSPS) is 10.3. The van der Waals surface area contributed by atoms with Gasteiger partial charge in [-0.05, 0) is 46.3 Å². The number of anilines is 2. The Morgan fingerprint density at radius 2 is 2.33 bits per heavy atom. The standard InChI is InChI=1S/C8H5BrClN3S2/c9-5-3-4(10)1-2-6(5)11-7-12-13-8(14)15-7/h1-3H,(H,11,12)(H,13,14). The molecule has 78 valence electrons. The molecule has 0 spiro atoms. The second-order valence-corrected chi connectivity index (χ2v) is 5.62. The number of hydrogen-bond donors (Lipinski definition) is 2. The zero-order valence-electron chi connectivity index (χ0n) is 7.25. The largest absolute Gasteiger partial charge is 0.329 e. The summed E-state index contributed by atoms with van der Waals surface area (Å²) >= 11 is 15.5. The lowest BCUT2D eigenvalue weighted by atomic mass is 10.3. The van der Waals surface area contributed by atoms with Gasteiger partial charge in [-0.15, -0.1) is 5.10 Å². The fourth-order valence-corrected chi connectivity index (χ4v) is 2.57. The van der Waals surface area contributed by atoms with Gasteiger partial charge < -0.3 is 5.32 Å². The van der Waals surface area contributed by atoms with Gasteiger partial charge in [-0.3, -0.25) is 5.10 Å². The summed E-state index contributed by atoms with van der Waals surface area (Å²) in [5.74, 6) is 0. The van der Waals surface area contributed by atoms with E-state index < -0.39 is 0 Å². The zero-order valence-corrected chi connectivity index (χ0v) is 11.2. The minimum Gasteiger partial charge on any atom is -0.329 e. The molecule has 0 bridgehead atoms. The first-order valence-electron chi connectivity index (χ1n) is 3.93. The molecule has 3 nitrogen and oxygen atoms in total. The molecule has 0 saturated carbocycles. The first-order chi connectivity index (χ1) is 7.15. The lowest BCUT2D eigenvalue weighted by Gasteiger charge is -2.04. The Kier molecular flexibility index (Phi) is 3.40. The molecule has 15 heavy (non-hydrogen) atoms. The SMILES string of the molecule is S=c1[nH]nc(Nc2ccc(Cl)cc2Br)s1. The Morgan fingerprint density at radius 1 is 1.53 bits per heavy atom. The van der Waals surface area contributed by atoms with Crippen molar-refractivity contribution in [3.63, 3.8) is 0 Å². The minimum atomic E-state index is 0.641. The number of nitrogens with one attached hydrogen (secondary N) is 2. The summed E-state index contributed by atoms with van der Waals surface area (Å²) in [5, 5.41) is 11.2. The summed E-state index contributed by atoms with van der Waals surface area (Å²) in [6, 6.07) is 5.49. The van der Waals surface area contributed by atoms with Gasteiger partial charge in [-0.2, -0.15) is 0 Å². The third-order valence-corrected chi connectivity index (χ3v) is 3.51. The van der Waals surface area contributed by atoms with E-state index in [2.05, 4.69) is 31.4 Å². The molecule has 0 aliphatic carbocycles. The highest BCUT2D eigenvalue weighted by atomic mass is 79.9. The van der Waals surface area contributed by atoms with Crippen molar-refractivity contribution in [2.24, 2.45) is 0 Å². The van der Waals surface area contributed by atoms with Crippen molar-refractivity contribution < 1.29 is 0 Å². The quantitative estimate of drug-likeness (QED) is 0.807. The Balaban J connectivity index is 2.28. The maximum absolute atomic E-state index is 5.83. The predicted octanol–water partition coefficient (Wildman–Crippen LogP) is 4.36. The minimum absolute atomic E-state index is 0.641. The number of H-pyrrole nitrogens is 1. The molecule has 2 rings (SSSR count). The van der Waals surface area contributed by atoms with E-state index in [0.29, 0.717) is 8.98 Å². The van der Waals surface area contributed by atoms with Crippen LogP contribution in [-0.2, 0) is 0 Å². The van der Waals surface area contributed by atoms with Crippen molar-refractivity contribution in [1.29, 1.82) is 0 Å². The number of hydrogen-bond acceptors (Lipinski definition) is 4. The Labute approximate surface area is 109 Å². The van der Waals surface area contributed by atoms with Crippen LogP contribution < -0.4 is 5.32 Å². The lowest BCUT2D eigenvalue weighted by molar-refractivity contribution is 1.08. The van der Waals surface area contributed by atoms with Gasteiger partial charge in [0.05, 0.1) is 5.69 Å². The van der Waals surface area contributed by atoms with Crippen molar-refractivity contribution in [3.8, 4) is 0 Å². The molecular formula is C8H5BrClN3S2. The molecule has 0 amide bonds. The molecule has 2 aromatic rings. The van der Waals surface area contributed by atoms with Gasteiger partial charge in [0.2, 0.25) is 5.13 Å². The Morgan fingerprint density at radius 3 is 2.93 bits per heavy atom. The van der Waals surface area contributed by atoms with Crippen molar-refractivity contribution in [2.45, 2.75) is 0 Å². The smallest absolute Gasteiger partial charge is 0.208 e. The van der Waals surface area contributed by atoms with Crippen LogP contribution in [0.15, 0.2) is 22.7 Å². The van der Waals surface area contributed by atoms with Gasteiger partial charge in [0.15, 0.2) is 3.95 Å². The second-order valence-electron chi connectivity index (χ2n) is 2.67. The third-order valence-electron chi connectivity index (χ3n) is 1.61. The highest BCUT2D eigenvalue weighted by Gasteiger charge is 2.03. The monoisotopic (exact) mass is 321 g/mol. The van der Waals surface area contributed by atoms with Crippen molar-refractivity contribution >= 4 is 61.9 Å². The maximum Gasteiger partial charge on any atom is 0.208 e.